The summed E-state index contributed by atoms with van der Waals surface area (Å²) >= 11 is 0. The summed E-state index contributed by atoms with van der Waals surface area (Å²) < 4.78 is 107. The van der Waals surface area contributed by atoms with Crippen LogP contribution < -0.4 is 15.0 Å². The molecule has 0 unspecified atom stereocenters. The van der Waals surface area contributed by atoms with Crippen LogP contribution >= 0.6 is 0 Å². The summed E-state index contributed by atoms with van der Waals surface area (Å²) in [5, 5.41) is 12.5. The molecule has 3 aliphatic rings. The lowest BCUT2D eigenvalue weighted by atomic mass is 9.80. The highest BCUT2D eigenvalue weighted by Gasteiger charge is 2.45. The van der Waals surface area contributed by atoms with Gasteiger partial charge in [0, 0.05) is 60.1 Å². The summed E-state index contributed by atoms with van der Waals surface area (Å²) in [5.74, 6) is -1.34. The highest BCUT2D eigenvalue weighted by Crippen LogP contribution is 2.49. The fraction of sp³-hybridized carbons (Fsp3) is 0.383. The summed E-state index contributed by atoms with van der Waals surface area (Å²) in [4.78, 5) is 26.6. The molecule has 2 heterocycles. The van der Waals surface area contributed by atoms with Crippen molar-refractivity contribution in [2.45, 2.75) is 88.4 Å². The smallest absolute Gasteiger partial charge is 0.335 e. The molecule has 5 N–H and O–H groups in total. The molecule has 6 rings (SSSR count). The second-order valence-corrected chi connectivity index (χ2v) is 22.2. The summed E-state index contributed by atoms with van der Waals surface area (Å²) in [7, 11) is -11.3. The Kier molecular flexibility index (Phi) is 14.7. The molecule has 1 aliphatic carbocycles. The number of hydrogen-bond acceptors (Lipinski definition) is 10. The maximum Gasteiger partial charge on any atom is 0.335 e. The van der Waals surface area contributed by atoms with Gasteiger partial charge in [-0.2, -0.15) is 29.8 Å². The SMILES string of the molecule is CNC(=O)c1ccc2c(c1)C(C)(C)/C(=C\C=C1/CCCC(/C=C/C3=[N+](CCCCS(=O)(=O)O)c4ccc(C(=O)O)cc4C3(C)C)=C1Oc1ccc(S(=O)(=O)O)cc1)N2CCCCS(=O)(=O)O. The van der Waals surface area contributed by atoms with Gasteiger partial charge in [-0.25, -0.2) is 4.79 Å². The Morgan fingerprint density at radius 3 is 2.03 bits per heavy atom. The Balaban J connectivity index is 1.47. The van der Waals surface area contributed by atoms with Crippen LogP contribution in [0.25, 0.3) is 0 Å². The van der Waals surface area contributed by atoms with Crippen LogP contribution in [-0.2, 0) is 41.2 Å². The number of allylic oxidation sites excluding steroid dienone is 7. The number of rotatable bonds is 18. The molecule has 0 atom stereocenters. The molecule has 0 radical (unpaired) electrons. The highest BCUT2D eigenvalue weighted by molar-refractivity contribution is 7.86. The van der Waals surface area contributed by atoms with Crippen molar-refractivity contribution >= 4 is 59.3 Å². The Morgan fingerprint density at radius 2 is 1.41 bits per heavy atom. The molecule has 16 nitrogen and oxygen atoms in total. The van der Waals surface area contributed by atoms with Crippen LogP contribution in [-0.4, -0.2) is 97.8 Å². The highest BCUT2D eigenvalue weighted by atomic mass is 32.2. The third kappa shape index (κ3) is 11.4. The van der Waals surface area contributed by atoms with Crippen molar-refractivity contribution < 1.29 is 62.9 Å². The first-order valence-corrected chi connectivity index (χ1v) is 26.1. The number of benzene rings is 3. The van der Waals surface area contributed by atoms with E-state index >= 15 is 0 Å². The Labute approximate surface area is 386 Å². The second kappa shape index (κ2) is 19.4. The zero-order chi connectivity index (χ0) is 48.4. The van der Waals surface area contributed by atoms with Crippen LogP contribution in [0.5, 0.6) is 5.75 Å². The number of carboxylic acid groups (broad SMARTS) is 1. The largest absolute Gasteiger partial charge is 0.478 e. The van der Waals surface area contributed by atoms with Crippen molar-refractivity contribution in [3.63, 3.8) is 0 Å². The summed E-state index contributed by atoms with van der Waals surface area (Å²) in [6.45, 7) is 8.80. The number of carboxylic acids is 1. The number of nitrogens with zero attached hydrogens (tertiary/aromatic N) is 2. The number of fused-ring (bicyclic) bond motifs is 2. The van der Waals surface area contributed by atoms with Crippen molar-refractivity contribution in [1.29, 1.82) is 0 Å². The molecule has 19 heteroatoms. The van der Waals surface area contributed by atoms with Gasteiger partial charge < -0.3 is 20.1 Å². The van der Waals surface area contributed by atoms with Crippen molar-refractivity contribution in [3.05, 3.63) is 130 Å². The maximum absolute atomic E-state index is 12.7. The number of aromatic carboxylic acids is 1. The summed E-state index contributed by atoms with van der Waals surface area (Å²) in [5.41, 5.74) is 5.75. The first-order valence-electron chi connectivity index (χ1n) is 21.5. The number of hydrogen-bond donors (Lipinski definition) is 5. The molecule has 0 bridgehead atoms. The molecule has 2 aliphatic heterocycles. The number of nitrogens with one attached hydrogen (secondary N) is 1. The van der Waals surface area contributed by atoms with Gasteiger partial charge in [-0.05, 0) is 136 Å². The third-order valence-corrected chi connectivity index (χ3v) is 14.8. The molecule has 66 heavy (non-hydrogen) atoms. The van der Waals surface area contributed by atoms with Crippen molar-refractivity contribution in [3.8, 4) is 5.75 Å². The number of unbranched alkanes of at least 4 members (excludes halogenated alkanes) is 2. The second-order valence-electron chi connectivity index (χ2n) is 17.6. The minimum atomic E-state index is -4.49. The molecule has 3 aromatic rings. The van der Waals surface area contributed by atoms with Gasteiger partial charge in [-0.3, -0.25) is 18.5 Å². The molecule has 3 aromatic carbocycles. The zero-order valence-electron chi connectivity index (χ0n) is 37.4. The molecule has 0 fully saturated rings. The third-order valence-electron chi connectivity index (χ3n) is 12.3. The quantitative estimate of drug-likeness (QED) is 0.0474. The van der Waals surface area contributed by atoms with Crippen LogP contribution in [0.15, 0.2) is 112 Å². The minimum absolute atomic E-state index is 0.116. The number of amides is 1. The number of carbonyl (C=O) groups is 2. The Bertz CT molecular complexity index is 2930. The molecule has 354 valence electrons. The fourth-order valence-electron chi connectivity index (χ4n) is 8.87. The van der Waals surface area contributed by atoms with Gasteiger partial charge >= 0.3 is 5.97 Å². The van der Waals surface area contributed by atoms with Crippen LogP contribution in [0, 0.1) is 0 Å². The number of ether oxygens (including phenoxy) is 1. The van der Waals surface area contributed by atoms with E-state index in [2.05, 4.69) is 10.2 Å². The predicted molar refractivity (Wildman–Crippen MR) is 251 cm³/mol. The fourth-order valence-corrected chi connectivity index (χ4v) is 10.5. The Morgan fingerprint density at radius 1 is 0.773 bits per heavy atom. The van der Waals surface area contributed by atoms with Crippen LogP contribution in [0.4, 0.5) is 11.4 Å². The molecule has 0 saturated heterocycles. The number of anilines is 1. The lowest BCUT2D eigenvalue weighted by Crippen LogP contribution is -2.28. The van der Waals surface area contributed by atoms with E-state index in [0.717, 1.165) is 45.1 Å². The molecular weight excluding hydrogens is 911 g/mol. The first kappa shape index (κ1) is 50.0. The molecule has 1 amide bonds. The normalized spacial score (nSPS) is 18.3. The lowest BCUT2D eigenvalue weighted by molar-refractivity contribution is -0.438. The van der Waals surface area contributed by atoms with Gasteiger partial charge in [0.15, 0.2) is 5.71 Å². The van der Waals surface area contributed by atoms with Gasteiger partial charge in [0.25, 0.3) is 36.3 Å². The number of carbonyl (C=O) groups excluding carboxylic acids is 1. The van der Waals surface area contributed by atoms with E-state index in [4.69, 9.17) is 4.74 Å². The first-order chi connectivity index (χ1) is 30.8. The van der Waals surface area contributed by atoms with Gasteiger partial charge in [0.2, 0.25) is 5.69 Å². The monoisotopic (exact) mass is 966 g/mol. The zero-order valence-corrected chi connectivity index (χ0v) is 39.9. The van der Waals surface area contributed by atoms with Gasteiger partial charge in [-0.1, -0.05) is 19.9 Å². The van der Waals surface area contributed by atoms with E-state index in [9.17, 15) is 53.6 Å². The van der Waals surface area contributed by atoms with E-state index in [-0.39, 0.29) is 35.0 Å². The molecule has 0 saturated carbocycles. The van der Waals surface area contributed by atoms with Crippen LogP contribution in [0.3, 0.4) is 0 Å². The standard InChI is InChI=1S/C47H55N3O13S3/c1-46(2)37-29-33(44(51)48-5)13-21-39(37)49(25-6-8-27-64(54,55)56)41(46)23-15-31-11-10-12-32(43(31)63-35-17-19-36(20-18-35)66(60,61)62)16-24-42-47(3,4)38-30-34(45(52)53)14-22-40(38)50(42)26-7-9-28-65(57,58)59/h13-24,29-30H,6-12,25-28H2,1-5H3,(H4-,48,51,52,53,54,55,56,57,58,59,60,61,62)/p+1. The van der Waals surface area contributed by atoms with Crippen molar-refractivity contribution in [1.82, 2.24) is 5.32 Å². The minimum Gasteiger partial charge on any atom is -0.478 e. The Hall–Kier alpha value is -5.44. The van der Waals surface area contributed by atoms with Crippen molar-refractivity contribution in [2.24, 2.45) is 0 Å². The van der Waals surface area contributed by atoms with Gasteiger partial charge in [-0.15, -0.1) is 0 Å². The topological polar surface area (TPSA) is 245 Å². The van der Waals surface area contributed by atoms with E-state index in [0.29, 0.717) is 62.3 Å². The molecular formula is C47H56N3O13S3+. The van der Waals surface area contributed by atoms with Crippen LogP contribution in [0.1, 0.15) is 104 Å². The van der Waals surface area contributed by atoms with E-state index in [1.165, 1.54) is 30.3 Å². The lowest BCUT2D eigenvalue weighted by Gasteiger charge is -2.27. The average molecular weight is 967 g/mol. The maximum atomic E-state index is 12.7. The van der Waals surface area contributed by atoms with E-state index in [1.807, 2.05) is 68.7 Å². The molecule has 0 aromatic heterocycles. The van der Waals surface area contributed by atoms with E-state index in [1.54, 1.807) is 25.2 Å². The molecule has 0 spiro atoms. The average Bonchev–Trinajstić information content (AvgIpc) is 3.58. The van der Waals surface area contributed by atoms with Crippen LogP contribution in [0.2, 0.25) is 0 Å². The van der Waals surface area contributed by atoms with E-state index < -0.39 is 52.9 Å². The van der Waals surface area contributed by atoms with Gasteiger partial charge in [0.1, 0.15) is 18.1 Å². The predicted octanol–water partition coefficient (Wildman–Crippen LogP) is 7.38. The van der Waals surface area contributed by atoms with Gasteiger partial charge in [0.05, 0.1) is 27.4 Å². The summed E-state index contributed by atoms with van der Waals surface area (Å²) in [6, 6.07) is 15.7. The summed E-state index contributed by atoms with van der Waals surface area (Å²) in [6.07, 6.45) is 10.9. The van der Waals surface area contributed by atoms with Crippen molar-refractivity contribution in [2.75, 3.05) is 36.5 Å².